The van der Waals surface area contributed by atoms with Crippen LogP contribution >= 0.6 is 0 Å². The Morgan fingerprint density at radius 3 is 2.73 bits per heavy atom. The van der Waals surface area contributed by atoms with Crippen LogP contribution < -0.4 is 15.5 Å². The average molecular weight is 421 g/mol. The zero-order valence-electron chi connectivity index (χ0n) is 19.0. The van der Waals surface area contributed by atoms with Gasteiger partial charge in [0.15, 0.2) is 0 Å². The average Bonchev–Trinajstić information content (AvgIpc) is 2.76. The number of nitrogens with zero attached hydrogens (tertiary/aromatic N) is 3. The summed E-state index contributed by atoms with van der Waals surface area (Å²) < 4.78 is 11.4. The summed E-state index contributed by atoms with van der Waals surface area (Å²) in [6.45, 7) is 9.28. The zero-order chi connectivity index (χ0) is 21.7. The molecule has 8 heteroatoms. The number of ether oxygens (including phenoxy) is 2. The molecule has 2 aliphatic heterocycles. The molecule has 0 bridgehead atoms. The number of aromatic nitrogens is 1. The number of hydrogen-bond acceptors (Lipinski definition) is 7. The van der Waals surface area contributed by atoms with Crippen molar-refractivity contribution in [1.82, 2.24) is 15.6 Å². The molecule has 2 saturated heterocycles. The number of nitrogens with one attached hydrogen (secondary N) is 2. The summed E-state index contributed by atoms with van der Waals surface area (Å²) in [7, 11) is 3.63. The van der Waals surface area contributed by atoms with Crippen LogP contribution in [0.15, 0.2) is 11.1 Å². The van der Waals surface area contributed by atoms with E-state index in [9.17, 15) is 0 Å². The fourth-order valence-corrected chi connectivity index (χ4v) is 4.14. The third-order valence-corrected chi connectivity index (χ3v) is 6.27. The highest BCUT2D eigenvalue weighted by molar-refractivity contribution is 5.97. The van der Waals surface area contributed by atoms with E-state index in [-0.39, 0.29) is 18.2 Å². The van der Waals surface area contributed by atoms with Crippen LogP contribution in [0.3, 0.4) is 0 Å². The number of aryl methyl sites for hydroxylation is 2. The highest BCUT2D eigenvalue weighted by Crippen LogP contribution is 2.26. The molecule has 2 aliphatic rings. The number of methoxy groups -OCH3 is 1. The van der Waals surface area contributed by atoms with Crippen LogP contribution in [-0.4, -0.2) is 80.8 Å². The minimum Gasteiger partial charge on any atom is -0.578 e. The first kappa shape index (κ1) is 22.9. The molecule has 0 saturated carbocycles. The second-order valence-corrected chi connectivity index (χ2v) is 8.37. The van der Waals surface area contributed by atoms with Gasteiger partial charge in [0.05, 0.1) is 6.10 Å². The lowest BCUT2D eigenvalue weighted by atomic mass is 9.98. The van der Waals surface area contributed by atoms with Crippen molar-refractivity contribution in [2.45, 2.75) is 64.4 Å². The second kappa shape index (κ2) is 10.5. The van der Waals surface area contributed by atoms with Gasteiger partial charge in [0.1, 0.15) is 17.5 Å². The van der Waals surface area contributed by atoms with Crippen molar-refractivity contribution in [3.8, 4) is 0 Å². The van der Waals surface area contributed by atoms with Crippen molar-refractivity contribution in [2.24, 2.45) is 4.99 Å². The lowest BCUT2D eigenvalue weighted by molar-refractivity contribution is 0.0359. The van der Waals surface area contributed by atoms with Crippen LogP contribution in [0.2, 0.25) is 0 Å². The van der Waals surface area contributed by atoms with Gasteiger partial charge in [0.25, 0.3) is 0 Å². The molecule has 3 atom stereocenters. The van der Waals surface area contributed by atoms with Gasteiger partial charge in [-0.05, 0) is 58.7 Å². The van der Waals surface area contributed by atoms with Crippen molar-refractivity contribution in [3.05, 3.63) is 22.9 Å². The van der Waals surface area contributed by atoms with E-state index >= 15 is 0 Å². The predicted octanol–water partition coefficient (Wildman–Crippen LogP) is 1.10. The molecule has 0 aliphatic carbocycles. The third kappa shape index (κ3) is 5.49. The van der Waals surface area contributed by atoms with Crippen LogP contribution in [-0.2, 0) is 9.47 Å². The lowest BCUT2D eigenvalue weighted by Gasteiger charge is -2.41. The Labute approximate surface area is 180 Å². The SMILES string of the molecule is CNC(C)/N=C(\[OH2+])c1cc(C)c(C)nc1N1CCC(NC2CCOCC2)C(OC)C1. The van der Waals surface area contributed by atoms with Gasteiger partial charge in [-0.15, -0.1) is 0 Å². The molecule has 4 N–H and O–H groups in total. The Morgan fingerprint density at radius 2 is 2.07 bits per heavy atom. The van der Waals surface area contributed by atoms with Crippen molar-refractivity contribution >= 4 is 11.7 Å². The smallest absolute Gasteiger partial charge is 0.365 e. The van der Waals surface area contributed by atoms with E-state index < -0.39 is 0 Å². The standard InChI is InChI=1S/C22H37N5O3/c1-14-12-18(22(28)25-16(3)23-4)21(24-15(14)2)27-9-6-19(20(13-27)29-5)26-17-7-10-30-11-8-17/h12,16-17,19-20,23,26H,6-11,13H2,1-5H3,(H,25,28)/p+1. The quantitative estimate of drug-likeness (QED) is 0.390. The molecule has 1 aromatic heterocycles. The molecule has 168 valence electrons. The van der Waals surface area contributed by atoms with Crippen LogP contribution in [0.5, 0.6) is 0 Å². The van der Waals surface area contributed by atoms with Crippen LogP contribution in [0.1, 0.15) is 43.0 Å². The summed E-state index contributed by atoms with van der Waals surface area (Å²) >= 11 is 0. The predicted molar refractivity (Wildman–Crippen MR) is 121 cm³/mol. The van der Waals surface area contributed by atoms with E-state index in [2.05, 4.69) is 20.5 Å². The molecular weight excluding hydrogens is 382 g/mol. The molecule has 0 radical (unpaired) electrons. The molecule has 0 spiro atoms. The van der Waals surface area contributed by atoms with Crippen molar-refractivity contribution in [1.29, 1.82) is 0 Å². The van der Waals surface area contributed by atoms with Gasteiger partial charge in [-0.25, -0.2) is 4.98 Å². The van der Waals surface area contributed by atoms with Crippen molar-refractivity contribution < 1.29 is 14.6 Å². The summed E-state index contributed by atoms with van der Waals surface area (Å²) in [4.78, 5) is 11.6. The maximum atomic E-state index is 8.57. The van der Waals surface area contributed by atoms with Crippen LogP contribution in [0.4, 0.5) is 5.82 Å². The highest BCUT2D eigenvalue weighted by atomic mass is 16.5. The molecule has 0 aromatic carbocycles. The van der Waals surface area contributed by atoms with Gasteiger partial charge >= 0.3 is 5.90 Å². The third-order valence-electron chi connectivity index (χ3n) is 6.27. The Balaban J connectivity index is 1.80. The first-order valence-corrected chi connectivity index (χ1v) is 11.0. The van der Waals surface area contributed by atoms with Crippen LogP contribution in [0.25, 0.3) is 0 Å². The summed E-state index contributed by atoms with van der Waals surface area (Å²) in [5.74, 6) is 1.10. The summed E-state index contributed by atoms with van der Waals surface area (Å²) in [6, 6.07) is 2.86. The first-order chi connectivity index (χ1) is 14.4. The lowest BCUT2D eigenvalue weighted by Crippen LogP contribution is -2.56. The summed E-state index contributed by atoms with van der Waals surface area (Å²) in [5.41, 5.74) is 2.84. The van der Waals surface area contributed by atoms with E-state index in [0.29, 0.717) is 12.1 Å². The topological polar surface area (TPSA) is 93.9 Å². The molecular formula is C22H38N5O3+. The molecule has 30 heavy (non-hydrogen) atoms. The first-order valence-electron chi connectivity index (χ1n) is 11.0. The van der Waals surface area contributed by atoms with Crippen molar-refractivity contribution in [3.63, 3.8) is 0 Å². The minimum absolute atomic E-state index is 0.0696. The molecule has 0 amide bonds. The second-order valence-electron chi connectivity index (χ2n) is 8.37. The van der Waals surface area contributed by atoms with Gasteiger partial charge in [-0.3, -0.25) is 5.32 Å². The normalized spacial score (nSPS) is 24.8. The largest absolute Gasteiger partial charge is 0.578 e. The molecule has 3 heterocycles. The number of piperidine rings is 1. The molecule has 8 nitrogen and oxygen atoms in total. The van der Waals surface area contributed by atoms with Gasteiger partial charge < -0.3 is 24.8 Å². The Kier molecular flexibility index (Phi) is 8.05. The Morgan fingerprint density at radius 1 is 1.33 bits per heavy atom. The number of rotatable bonds is 7. The fraction of sp³-hybridized carbons (Fsp3) is 0.727. The van der Waals surface area contributed by atoms with Crippen LogP contribution in [0, 0.1) is 13.8 Å². The van der Waals surface area contributed by atoms with Gasteiger partial charge in [0, 0.05) is 51.2 Å². The van der Waals surface area contributed by atoms with E-state index in [1.54, 1.807) is 7.11 Å². The monoisotopic (exact) mass is 420 g/mol. The van der Waals surface area contributed by atoms with E-state index in [0.717, 1.165) is 68.2 Å². The van der Waals surface area contributed by atoms with Crippen molar-refractivity contribution in [2.75, 3.05) is 45.4 Å². The van der Waals surface area contributed by atoms with Gasteiger partial charge in [-0.2, -0.15) is 4.99 Å². The minimum atomic E-state index is -0.118. The maximum absolute atomic E-state index is 8.57. The van der Waals surface area contributed by atoms with E-state index in [1.807, 2.05) is 33.9 Å². The van der Waals surface area contributed by atoms with E-state index in [4.69, 9.17) is 19.6 Å². The van der Waals surface area contributed by atoms with Gasteiger partial charge in [-0.1, -0.05) is 0 Å². The molecule has 1 aromatic rings. The molecule has 2 fully saturated rings. The highest BCUT2D eigenvalue weighted by Gasteiger charge is 2.33. The van der Waals surface area contributed by atoms with Gasteiger partial charge in [0.2, 0.25) is 0 Å². The number of hydrogen-bond donors (Lipinski definition) is 2. The zero-order valence-corrected chi connectivity index (χ0v) is 19.0. The summed E-state index contributed by atoms with van der Waals surface area (Å²) in [5, 5.41) is 15.4. The number of aliphatic imine (C=N–C) groups is 1. The van der Waals surface area contributed by atoms with E-state index in [1.165, 1.54) is 0 Å². The number of anilines is 1. The maximum Gasteiger partial charge on any atom is 0.365 e. The summed E-state index contributed by atoms with van der Waals surface area (Å²) in [6.07, 6.45) is 3.04. The Bertz CT molecular complexity index is 736. The Hall–Kier alpha value is -1.74. The molecule has 3 unspecified atom stereocenters. The fourth-order valence-electron chi connectivity index (χ4n) is 4.14. The molecule has 3 rings (SSSR count). The number of pyridine rings is 1.